The molecule has 0 saturated carbocycles. The van der Waals surface area contributed by atoms with Gasteiger partial charge in [0.25, 0.3) is 5.56 Å². The van der Waals surface area contributed by atoms with Crippen LogP contribution in [0.15, 0.2) is 51.0 Å². The van der Waals surface area contributed by atoms with E-state index in [1.54, 1.807) is 16.8 Å². The second-order valence-electron chi connectivity index (χ2n) is 6.14. The van der Waals surface area contributed by atoms with Crippen molar-refractivity contribution in [1.82, 2.24) is 14.5 Å². The summed E-state index contributed by atoms with van der Waals surface area (Å²) in [4.78, 5) is 21.8. The van der Waals surface area contributed by atoms with E-state index in [4.69, 9.17) is 16.6 Å². The summed E-state index contributed by atoms with van der Waals surface area (Å²) in [5, 5.41) is 1.83. The highest BCUT2D eigenvalue weighted by atomic mass is 79.9. The van der Waals surface area contributed by atoms with Crippen LogP contribution in [-0.4, -0.2) is 14.5 Å². The number of hydrogen-bond donors (Lipinski definition) is 0. The van der Waals surface area contributed by atoms with E-state index in [-0.39, 0.29) is 5.56 Å². The lowest BCUT2D eigenvalue weighted by molar-refractivity contribution is 0.475. The fraction of sp³-hybridized carbons (Fsp3) is 0.278. The van der Waals surface area contributed by atoms with Crippen LogP contribution in [-0.2, 0) is 12.3 Å². The third kappa shape index (κ3) is 4.43. The van der Waals surface area contributed by atoms with Gasteiger partial charge in [-0.1, -0.05) is 59.2 Å². The number of rotatable bonds is 5. The molecule has 0 unspecified atom stereocenters. The Balaban J connectivity index is 2.01. The molecule has 0 spiro atoms. The average molecular weight is 439 g/mol. The fourth-order valence-electron chi connectivity index (χ4n) is 2.45. The highest BCUT2D eigenvalue weighted by Gasteiger charge is 2.13. The van der Waals surface area contributed by atoms with Gasteiger partial charge < -0.3 is 0 Å². The van der Waals surface area contributed by atoms with E-state index in [1.807, 2.05) is 24.3 Å². The standard InChI is InChI=1S/C18H17BrClN3OS/c1-11(2)9-23-17(24)14-7-13(19)4-5-15(14)22-18(23)25-10-12-3-6-16(20)21-8-12/h3-8,11H,9-10H2,1-2H3. The van der Waals surface area contributed by atoms with Gasteiger partial charge in [-0.3, -0.25) is 9.36 Å². The fourth-order valence-corrected chi connectivity index (χ4v) is 3.86. The van der Waals surface area contributed by atoms with Gasteiger partial charge in [0.1, 0.15) is 5.15 Å². The molecule has 0 radical (unpaired) electrons. The molecule has 0 aliphatic carbocycles. The van der Waals surface area contributed by atoms with Gasteiger partial charge in [-0.05, 0) is 35.7 Å². The van der Waals surface area contributed by atoms with Gasteiger partial charge in [0, 0.05) is 23.0 Å². The monoisotopic (exact) mass is 437 g/mol. The Bertz CT molecular complexity index is 957. The number of fused-ring (bicyclic) bond motifs is 1. The van der Waals surface area contributed by atoms with Gasteiger partial charge in [0.05, 0.1) is 10.9 Å². The van der Waals surface area contributed by atoms with Crippen molar-refractivity contribution in [2.45, 2.75) is 31.3 Å². The maximum Gasteiger partial charge on any atom is 0.262 e. The van der Waals surface area contributed by atoms with Crippen LogP contribution >= 0.6 is 39.3 Å². The van der Waals surface area contributed by atoms with Gasteiger partial charge >= 0.3 is 0 Å². The van der Waals surface area contributed by atoms with Crippen LogP contribution in [0.5, 0.6) is 0 Å². The van der Waals surface area contributed by atoms with Crippen LogP contribution in [0.1, 0.15) is 19.4 Å². The van der Waals surface area contributed by atoms with Gasteiger partial charge in [-0.2, -0.15) is 0 Å². The Kier molecular flexibility index (Phi) is 5.81. The Morgan fingerprint density at radius 1 is 1.28 bits per heavy atom. The Morgan fingerprint density at radius 3 is 2.76 bits per heavy atom. The maximum atomic E-state index is 13.0. The summed E-state index contributed by atoms with van der Waals surface area (Å²) in [6.07, 6.45) is 1.75. The molecule has 4 nitrogen and oxygen atoms in total. The molecule has 7 heteroatoms. The van der Waals surface area contributed by atoms with Gasteiger partial charge in [-0.25, -0.2) is 9.97 Å². The van der Waals surface area contributed by atoms with Gasteiger partial charge in [-0.15, -0.1) is 0 Å². The largest absolute Gasteiger partial charge is 0.287 e. The summed E-state index contributed by atoms with van der Waals surface area (Å²) in [7, 11) is 0. The molecule has 0 aliphatic rings. The van der Waals surface area contributed by atoms with E-state index in [0.717, 1.165) is 15.2 Å². The lowest BCUT2D eigenvalue weighted by Gasteiger charge is -2.15. The van der Waals surface area contributed by atoms with Crippen molar-refractivity contribution in [2.75, 3.05) is 0 Å². The molecule has 0 aliphatic heterocycles. The van der Waals surface area contributed by atoms with Crippen molar-refractivity contribution in [3.05, 3.63) is 62.1 Å². The van der Waals surface area contributed by atoms with Crippen molar-refractivity contribution in [3.8, 4) is 0 Å². The van der Waals surface area contributed by atoms with Crippen LogP contribution < -0.4 is 5.56 Å². The molecule has 3 rings (SSSR count). The third-order valence-electron chi connectivity index (χ3n) is 3.59. The molecule has 25 heavy (non-hydrogen) atoms. The number of halogens is 2. The van der Waals surface area contributed by atoms with E-state index in [0.29, 0.717) is 34.3 Å². The molecule has 3 aromatic rings. The highest BCUT2D eigenvalue weighted by molar-refractivity contribution is 9.10. The summed E-state index contributed by atoms with van der Waals surface area (Å²) >= 11 is 10.8. The Hall–Kier alpha value is -1.37. The zero-order valence-corrected chi connectivity index (χ0v) is 17.0. The van der Waals surface area contributed by atoms with Crippen molar-refractivity contribution >= 4 is 50.2 Å². The van der Waals surface area contributed by atoms with Crippen molar-refractivity contribution in [3.63, 3.8) is 0 Å². The first-order valence-corrected chi connectivity index (χ1v) is 10.0. The Labute approximate surface area is 163 Å². The minimum atomic E-state index is -0.00303. The smallest absolute Gasteiger partial charge is 0.262 e. The molecule has 0 atom stereocenters. The lowest BCUT2D eigenvalue weighted by atomic mass is 10.2. The molecule has 0 bridgehead atoms. The normalized spacial score (nSPS) is 11.4. The molecule has 0 N–H and O–H groups in total. The maximum absolute atomic E-state index is 13.0. The van der Waals surface area contributed by atoms with Gasteiger partial charge in [0.2, 0.25) is 0 Å². The second-order valence-corrected chi connectivity index (χ2v) is 8.39. The summed E-state index contributed by atoms with van der Waals surface area (Å²) in [6, 6.07) is 9.31. The zero-order valence-electron chi connectivity index (χ0n) is 13.9. The molecular formula is C18H17BrClN3OS. The van der Waals surface area contributed by atoms with Crippen molar-refractivity contribution in [2.24, 2.45) is 5.92 Å². The summed E-state index contributed by atoms with van der Waals surface area (Å²) < 4.78 is 2.65. The van der Waals surface area contributed by atoms with Crippen molar-refractivity contribution < 1.29 is 0 Å². The lowest BCUT2D eigenvalue weighted by Crippen LogP contribution is -2.25. The first-order valence-electron chi connectivity index (χ1n) is 7.87. The number of benzene rings is 1. The highest BCUT2D eigenvalue weighted by Crippen LogP contribution is 2.24. The predicted octanol–water partition coefficient (Wildman–Crippen LogP) is 5.16. The predicted molar refractivity (Wildman–Crippen MR) is 107 cm³/mol. The van der Waals surface area contributed by atoms with E-state index in [9.17, 15) is 4.79 Å². The van der Waals surface area contributed by atoms with Crippen LogP contribution in [0, 0.1) is 5.92 Å². The molecule has 0 fully saturated rings. The van der Waals surface area contributed by atoms with E-state index in [1.165, 1.54) is 11.8 Å². The zero-order chi connectivity index (χ0) is 18.0. The summed E-state index contributed by atoms with van der Waals surface area (Å²) in [5.74, 6) is 1.03. The third-order valence-corrected chi connectivity index (χ3v) is 5.35. The second kappa shape index (κ2) is 7.89. The number of pyridine rings is 1. The van der Waals surface area contributed by atoms with Crippen molar-refractivity contribution in [1.29, 1.82) is 0 Å². The number of nitrogens with zero attached hydrogens (tertiary/aromatic N) is 3. The minimum Gasteiger partial charge on any atom is -0.287 e. The molecule has 0 saturated heterocycles. The molecule has 130 valence electrons. The SMILES string of the molecule is CC(C)Cn1c(SCc2ccc(Cl)nc2)nc2ccc(Br)cc2c1=O. The van der Waals surface area contributed by atoms with Crippen LogP contribution in [0.2, 0.25) is 5.15 Å². The first kappa shape index (κ1) is 18.4. The molecular weight excluding hydrogens is 422 g/mol. The van der Waals surface area contributed by atoms with Crippen LogP contribution in [0.25, 0.3) is 10.9 Å². The van der Waals surface area contributed by atoms with Crippen LogP contribution in [0.4, 0.5) is 0 Å². The molecule has 2 aromatic heterocycles. The quantitative estimate of drug-likeness (QED) is 0.314. The van der Waals surface area contributed by atoms with E-state index < -0.39 is 0 Å². The van der Waals surface area contributed by atoms with E-state index >= 15 is 0 Å². The average Bonchev–Trinajstić information content (AvgIpc) is 2.57. The number of aromatic nitrogens is 3. The minimum absolute atomic E-state index is 0.00303. The summed E-state index contributed by atoms with van der Waals surface area (Å²) in [6.45, 7) is 4.82. The van der Waals surface area contributed by atoms with E-state index in [2.05, 4.69) is 34.8 Å². The first-order chi connectivity index (χ1) is 11.9. The number of thioether (sulfide) groups is 1. The molecule has 2 heterocycles. The number of hydrogen-bond acceptors (Lipinski definition) is 4. The van der Waals surface area contributed by atoms with Gasteiger partial charge in [0.15, 0.2) is 5.16 Å². The molecule has 0 amide bonds. The topological polar surface area (TPSA) is 47.8 Å². The van der Waals surface area contributed by atoms with Crippen LogP contribution in [0.3, 0.4) is 0 Å². The Morgan fingerprint density at radius 2 is 2.08 bits per heavy atom. The summed E-state index contributed by atoms with van der Waals surface area (Å²) in [5.41, 5.74) is 1.75. The molecule has 1 aromatic carbocycles.